The van der Waals surface area contributed by atoms with Crippen LogP contribution in [0.5, 0.6) is 5.75 Å². The normalized spacial score (nSPS) is 15.1. The van der Waals surface area contributed by atoms with Crippen LogP contribution in [-0.2, 0) is 0 Å². The summed E-state index contributed by atoms with van der Waals surface area (Å²) in [5.74, 6) is 0.806. The number of β-amino-alcohol motifs (C(OH)–C–C–N with tert-alkyl or cyclic N) is 1. The van der Waals surface area contributed by atoms with Crippen LogP contribution >= 0.6 is 0 Å². The molecule has 1 aromatic carbocycles. The van der Waals surface area contributed by atoms with Gasteiger partial charge in [-0.15, -0.1) is 10.2 Å². The smallest absolute Gasteiger partial charge is 0.200 e. The Labute approximate surface area is 126 Å². The first-order valence-corrected chi connectivity index (χ1v) is 7.03. The van der Waals surface area contributed by atoms with Crippen molar-refractivity contribution in [2.75, 3.05) is 25.1 Å². The summed E-state index contributed by atoms with van der Waals surface area (Å²) in [6, 6.07) is 9.72. The highest BCUT2D eigenvalue weighted by atomic mass is 16.5. The standard InChI is InChI=1S/C15H15N5O2/c1-22-12-4-2-10(3-5-12)13-6-14(19-7-11(21)8-19)15-17-16-9-20(15)18-13/h2-6,9,11,21H,7-8H2,1H3. The molecule has 1 N–H and O–H groups in total. The van der Waals surface area contributed by atoms with Gasteiger partial charge in [-0.25, -0.2) is 0 Å². The van der Waals surface area contributed by atoms with Gasteiger partial charge in [-0.2, -0.15) is 9.61 Å². The zero-order valence-corrected chi connectivity index (χ0v) is 12.0. The van der Waals surface area contributed by atoms with Crippen molar-refractivity contribution < 1.29 is 9.84 Å². The molecular weight excluding hydrogens is 282 g/mol. The Hall–Kier alpha value is -2.67. The summed E-state index contributed by atoms with van der Waals surface area (Å²) in [7, 11) is 1.64. The minimum Gasteiger partial charge on any atom is -0.497 e. The second-order valence-corrected chi connectivity index (χ2v) is 5.30. The molecule has 22 heavy (non-hydrogen) atoms. The second-order valence-electron chi connectivity index (χ2n) is 5.30. The zero-order chi connectivity index (χ0) is 15.1. The molecule has 0 unspecified atom stereocenters. The number of nitrogens with zero attached hydrogens (tertiary/aromatic N) is 5. The molecule has 1 fully saturated rings. The maximum absolute atomic E-state index is 9.53. The van der Waals surface area contributed by atoms with Crippen LogP contribution in [0.4, 0.5) is 5.69 Å². The molecule has 1 aliphatic heterocycles. The van der Waals surface area contributed by atoms with E-state index in [4.69, 9.17) is 4.74 Å². The van der Waals surface area contributed by atoms with Crippen LogP contribution in [0.3, 0.4) is 0 Å². The molecule has 3 aromatic rings. The van der Waals surface area contributed by atoms with Gasteiger partial charge >= 0.3 is 0 Å². The van der Waals surface area contributed by atoms with Crippen LogP contribution in [0.2, 0.25) is 0 Å². The molecular formula is C15H15N5O2. The minimum absolute atomic E-state index is 0.277. The molecule has 0 bridgehead atoms. The Morgan fingerprint density at radius 3 is 2.68 bits per heavy atom. The largest absolute Gasteiger partial charge is 0.497 e. The number of ether oxygens (including phenoxy) is 1. The summed E-state index contributed by atoms with van der Waals surface area (Å²) >= 11 is 0. The van der Waals surface area contributed by atoms with E-state index < -0.39 is 0 Å². The predicted molar refractivity (Wildman–Crippen MR) is 81.0 cm³/mol. The van der Waals surface area contributed by atoms with E-state index in [9.17, 15) is 5.11 Å². The molecule has 2 aromatic heterocycles. The molecule has 0 aliphatic carbocycles. The number of aliphatic hydroxyl groups is 1. The fourth-order valence-corrected chi connectivity index (χ4v) is 2.60. The number of hydrogen-bond acceptors (Lipinski definition) is 6. The number of fused-ring (bicyclic) bond motifs is 1. The Bertz CT molecular complexity index is 808. The maximum atomic E-state index is 9.53. The summed E-state index contributed by atoms with van der Waals surface area (Å²) in [5.41, 5.74) is 3.44. The molecule has 0 spiro atoms. The molecule has 4 rings (SSSR count). The highest BCUT2D eigenvalue weighted by Crippen LogP contribution is 2.29. The van der Waals surface area contributed by atoms with Crippen molar-refractivity contribution in [3.8, 4) is 17.0 Å². The van der Waals surface area contributed by atoms with Gasteiger partial charge in [0.25, 0.3) is 0 Å². The van der Waals surface area contributed by atoms with Gasteiger partial charge in [-0.3, -0.25) is 0 Å². The van der Waals surface area contributed by atoms with E-state index in [1.54, 1.807) is 18.0 Å². The summed E-state index contributed by atoms with van der Waals surface area (Å²) in [4.78, 5) is 2.07. The number of aromatic nitrogens is 4. The van der Waals surface area contributed by atoms with Gasteiger partial charge in [-0.1, -0.05) is 0 Å². The van der Waals surface area contributed by atoms with Crippen molar-refractivity contribution >= 4 is 11.3 Å². The Balaban J connectivity index is 1.80. The summed E-state index contributed by atoms with van der Waals surface area (Å²) in [5, 5.41) is 22.1. The molecule has 1 aliphatic rings. The molecule has 1 saturated heterocycles. The Morgan fingerprint density at radius 1 is 1.23 bits per heavy atom. The van der Waals surface area contributed by atoms with Crippen LogP contribution in [0.1, 0.15) is 0 Å². The van der Waals surface area contributed by atoms with Gasteiger partial charge < -0.3 is 14.7 Å². The lowest BCUT2D eigenvalue weighted by molar-refractivity contribution is 0.142. The van der Waals surface area contributed by atoms with E-state index >= 15 is 0 Å². The van der Waals surface area contributed by atoms with Crippen molar-refractivity contribution in [2.45, 2.75) is 6.10 Å². The van der Waals surface area contributed by atoms with E-state index in [0.29, 0.717) is 18.7 Å². The molecule has 0 amide bonds. The number of aliphatic hydroxyl groups excluding tert-OH is 1. The minimum atomic E-state index is -0.277. The predicted octanol–water partition coefficient (Wildman–Crippen LogP) is 0.981. The second kappa shape index (κ2) is 4.96. The SMILES string of the molecule is COc1ccc(-c2cc(N3CC(O)C3)c3nncn3n2)cc1. The molecule has 0 atom stereocenters. The highest BCUT2D eigenvalue weighted by Gasteiger charge is 2.27. The third kappa shape index (κ3) is 2.06. The van der Waals surface area contributed by atoms with Crippen LogP contribution in [0.25, 0.3) is 16.9 Å². The Kier molecular flexibility index (Phi) is 2.93. The summed E-state index contributed by atoms with van der Waals surface area (Å²) in [6.07, 6.45) is 1.31. The topological polar surface area (TPSA) is 75.8 Å². The van der Waals surface area contributed by atoms with Gasteiger partial charge in [0.15, 0.2) is 0 Å². The monoisotopic (exact) mass is 297 g/mol. The van der Waals surface area contributed by atoms with Crippen LogP contribution in [0.15, 0.2) is 36.7 Å². The lowest BCUT2D eigenvalue weighted by Gasteiger charge is -2.37. The first-order valence-electron chi connectivity index (χ1n) is 7.03. The number of methoxy groups -OCH3 is 1. The van der Waals surface area contributed by atoms with Gasteiger partial charge in [-0.05, 0) is 30.3 Å². The van der Waals surface area contributed by atoms with Crippen LogP contribution < -0.4 is 9.64 Å². The molecule has 7 heteroatoms. The number of rotatable bonds is 3. The molecule has 112 valence electrons. The first kappa shape index (κ1) is 13.0. The van der Waals surface area contributed by atoms with Gasteiger partial charge in [0.05, 0.1) is 24.6 Å². The number of benzene rings is 1. The van der Waals surface area contributed by atoms with Gasteiger partial charge in [0, 0.05) is 18.7 Å². The van der Waals surface area contributed by atoms with E-state index in [1.807, 2.05) is 30.3 Å². The average molecular weight is 297 g/mol. The molecule has 0 radical (unpaired) electrons. The molecule has 3 heterocycles. The van der Waals surface area contributed by atoms with Crippen molar-refractivity contribution in [2.24, 2.45) is 0 Å². The third-order valence-corrected chi connectivity index (χ3v) is 3.84. The number of anilines is 1. The molecule has 0 saturated carbocycles. The first-order chi connectivity index (χ1) is 10.7. The van der Waals surface area contributed by atoms with E-state index in [-0.39, 0.29) is 6.10 Å². The van der Waals surface area contributed by atoms with E-state index in [0.717, 1.165) is 22.7 Å². The van der Waals surface area contributed by atoms with Gasteiger partial charge in [0.2, 0.25) is 5.65 Å². The van der Waals surface area contributed by atoms with Crippen molar-refractivity contribution in [3.05, 3.63) is 36.7 Å². The summed E-state index contributed by atoms with van der Waals surface area (Å²) < 4.78 is 6.85. The van der Waals surface area contributed by atoms with Crippen LogP contribution in [-0.4, -0.2) is 51.2 Å². The van der Waals surface area contributed by atoms with Gasteiger partial charge in [0.1, 0.15) is 12.1 Å². The third-order valence-electron chi connectivity index (χ3n) is 3.84. The lowest BCUT2D eigenvalue weighted by atomic mass is 10.1. The van der Waals surface area contributed by atoms with E-state index in [1.165, 1.54) is 0 Å². The maximum Gasteiger partial charge on any atom is 0.200 e. The van der Waals surface area contributed by atoms with Crippen molar-refractivity contribution in [1.29, 1.82) is 0 Å². The lowest BCUT2D eigenvalue weighted by Crippen LogP contribution is -2.51. The van der Waals surface area contributed by atoms with Crippen LogP contribution in [0, 0.1) is 0 Å². The highest BCUT2D eigenvalue weighted by molar-refractivity contribution is 5.75. The van der Waals surface area contributed by atoms with E-state index in [2.05, 4.69) is 20.2 Å². The Morgan fingerprint density at radius 2 is 2.00 bits per heavy atom. The van der Waals surface area contributed by atoms with Crippen molar-refractivity contribution in [3.63, 3.8) is 0 Å². The number of hydrogen-bond donors (Lipinski definition) is 1. The fourth-order valence-electron chi connectivity index (χ4n) is 2.60. The van der Waals surface area contributed by atoms with Crippen molar-refractivity contribution in [1.82, 2.24) is 19.8 Å². The molecule has 7 nitrogen and oxygen atoms in total. The summed E-state index contributed by atoms with van der Waals surface area (Å²) in [6.45, 7) is 1.21. The fraction of sp³-hybridized carbons (Fsp3) is 0.267. The average Bonchev–Trinajstić information content (AvgIpc) is 2.99. The zero-order valence-electron chi connectivity index (χ0n) is 12.0. The quantitative estimate of drug-likeness (QED) is 0.776.